The molecule has 0 aliphatic heterocycles. The van der Waals surface area contributed by atoms with E-state index in [2.05, 4.69) is 20.3 Å². The van der Waals surface area contributed by atoms with Crippen molar-refractivity contribution in [2.45, 2.75) is 6.42 Å². The Bertz CT molecular complexity index is 461. The number of aliphatic imine (C=N–C) groups is 1. The first-order valence-corrected chi connectivity index (χ1v) is 5.45. The predicted molar refractivity (Wildman–Crippen MR) is 68.8 cm³/mol. The van der Waals surface area contributed by atoms with Crippen molar-refractivity contribution in [2.24, 2.45) is 10.7 Å². The highest BCUT2D eigenvalue weighted by atomic mass is 15.1. The molecule has 5 heteroatoms. The lowest BCUT2D eigenvalue weighted by atomic mass is 10.3. The second-order valence-corrected chi connectivity index (χ2v) is 3.54. The summed E-state index contributed by atoms with van der Waals surface area (Å²) < 4.78 is 0. The van der Waals surface area contributed by atoms with Crippen LogP contribution in [0, 0.1) is 0 Å². The summed E-state index contributed by atoms with van der Waals surface area (Å²) in [6.45, 7) is 0.610. The van der Waals surface area contributed by atoms with Gasteiger partial charge in [0.25, 0.3) is 0 Å². The van der Waals surface area contributed by atoms with Crippen LogP contribution in [-0.2, 0) is 6.42 Å². The van der Waals surface area contributed by atoms with Gasteiger partial charge in [0, 0.05) is 31.0 Å². The molecule has 0 saturated carbocycles. The number of nitrogens with one attached hydrogen (secondary N) is 2. The van der Waals surface area contributed by atoms with Gasteiger partial charge in [-0.3, -0.25) is 4.99 Å². The lowest BCUT2D eigenvalue weighted by Gasteiger charge is -2.04. The summed E-state index contributed by atoms with van der Waals surface area (Å²) in [5.74, 6) is 1.34. The van der Waals surface area contributed by atoms with E-state index in [-0.39, 0.29) is 0 Å². The van der Waals surface area contributed by atoms with Crippen LogP contribution in [0.25, 0.3) is 0 Å². The molecule has 88 valence electrons. The smallest absolute Gasteiger partial charge is 0.193 e. The third-order valence-electron chi connectivity index (χ3n) is 2.23. The summed E-state index contributed by atoms with van der Waals surface area (Å²) in [5.41, 5.74) is 6.69. The predicted octanol–water partition coefficient (Wildman–Crippen LogP) is 1.38. The highest BCUT2D eigenvalue weighted by molar-refractivity contribution is 5.92. The van der Waals surface area contributed by atoms with Gasteiger partial charge in [0.05, 0.1) is 0 Å². The van der Waals surface area contributed by atoms with Gasteiger partial charge in [-0.15, -0.1) is 0 Å². The van der Waals surface area contributed by atoms with Gasteiger partial charge in [-0.2, -0.15) is 0 Å². The number of H-pyrrole nitrogens is 1. The molecule has 0 unspecified atom stereocenters. The van der Waals surface area contributed by atoms with E-state index in [1.54, 1.807) is 12.4 Å². The second kappa shape index (κ2) is 5.69. The molecule has 5 nitrogen and oxygen atoms in total. The van der Waals surface area contributed by atoms with Crippen molar-refractivity contribution in [1.82, 2.24) is 9.97 Å². The van der Waals surface area contributed by atoms with Crippen LogP contribution < -0.4 is 11.1 Å². The van der Waals surface area contributed by atoms with E-state index in [1.165, 1.54) is 0 Å². The average molecular weight is 229 g/mol. The molecule has 0 amide bonds. The lowest BCUT2D eigenvalue weighted by molar-refractivity contribution is 0.893. The number of nitrogens with two attached hydrogens (primary N) is 1. The van der Waals surface area contributed by atoms with Crippen molar-refractivity contribution in [2.75, 3.05) is 11.9 Å². The maximum Gasteiger partial charge on any atom is 0.193 e. The van der Waals surface area contributed by atoms with Crippen molar-refractivity contribution in [1.29, 1.82) is 0 Å². The maximum absolute atomic E-state index is 5.75. The topological polar surface area (TPSA) is 79.1 Å². The molecule has 2 aromatic rings. The van der Waals surface area contributed by atoms with Crippen LogP contribution in [0.15, 0.2) is 47.7 Å². The first kappa shape index (κ1) is 11.2. The fourth-order valence-corrected chi connectivity index (χ4v) is 1.43. The van der Waals surface area contributed by atoms with E-state index in [9.17, 15) is 0 Å². The molecule has 4 N–H and O–H groups in total. The molecule has 0 bridgehead atoms. The summed E-state index contributed by atoms with van der Waals surface area (Å²) >= 11 is 0. The Morgan fingerprint density at radius 1 is 1.35 bits per heavy atom. The van der Waals surface area contributed by atoms with Crippen LogP contribution in [-0.4, -0.2) is 22.5 Å². The Kier molecular flexibility index (Phi) is 3.75. The molecule has 0 saturated heterocycles. The lowest BCUT2D eigenvalue weighted by Crippen LogP contribution is -2.23. The van der Waals surface area contributed by atoms with Gasteiger partial charge in [0.15, 0.2) is 5.96 Å². The zero-order valence-electron chi connectivity index (χ0n) is 9.43. The number of aromatic amines is 1. The monoisotopic (exact) mass is 229 g/mol. The van der Waals surface area contributed by atoms with Crippen LogP contribution in [0.2, 0.25) is 0 Å². The molecule has 2 rings (SSSR count). The van der Waals surface area contributed by atoms with Crippen LogP contribution in [0.3, 0.4) is 0 Å². The van der Waals surface area contributed by atoms with Gasteiger partial charge in [0.1, 0.15) is 5.82 Å². The summed E-state index contributed by atoms with van der Waals surface area (Å²) in [6.07, 6.45) is 4.28. The summed E-state index contributed by atoms with van der Waals surface area (Å²) in [6, 6.07) is 9.72. The molecule has 1 aromatic carbocycles. The van der Waals surface area contributed by atoms with Gasteiger partial charge in [0.2, 0.25) is 0 Å². The summed E-state index contributed by atoms with van der Waals surface area (Å²) in [7, 11) is 0. The Balaban J connectivity index is 1.81. The van der Waals surface area contributed by atoms with E-state index in [0.717, 1.165) is 17.9 Å². The van der Waals surface area contributed by atoms with E-state index < -0.39 is 0 Å². The molecule has 17 heavy (non-hydrogen) atoms. The summed E-state index contributed by atoms with van der Waals surface area (Å²) in [5, 5.41) is 3.02. The number of imidazole rings is 1. The normalized spacial score (nSPS) is 11.4. The van der Waals surface area contributed by atoms with Gasteiger partial charge in [-0.1, -0.05) is 18.2 Å². The van der Waals surface area contributed by atoms with E-state index in [4.69, 9.17) is 5.73 Å². The summed E-state index contributed by atoms with van der Waals surface area (Å²) in [4.78, 5) is 11.3. The maximum atomic E-state index is 5.75. The zero-order chi connectivity index (χ0) is 11.9. The number of anilines is 1. The third kappa shape index (κ3) is 3.64. The molecule has 0 aliphatic carbocycles. The SMILES string of the molecule is NC(=NCCc1ncc[nH]1)Nc1ccccc1. The van der Waals surface area contributed by atoms with Crippen molar-refractivity contribution in [3.8, 4) is 0 Å². The number of hydrogen-bond acceptors (Lipinski definition) is 2. The fraction of sp³-hybridized carbons (Fsp3) is 0.167. The molecule has 0 spiro atoms. The number of guanidine groups is 1. The van der Waals surface area contributed by atoms with E-state index in [0.29, 0.717) is 12.5 Å². The third-order valence-corrected chi connectivity index (χ3v) is 2.23. The van der Waals surface area contributed by atoms with Crippen molar-refractivity contribution >= 4 is 11.6 Å². The first-order chi connectivity index (χ1) is 8.34. The molecule has 1 aromatic heterocycles. The van der Waals surface area contributed by atoms with Gasteiger partial charge in [-0.05, 0) is 12.1 Å². The number of rotatable bonds is 4. The molecular formula is C12H15N5. The van der Waals surface area contributed by atoms with Crippen molar-refractivity contribution in [3.63, 3.8) is 0 Å². The Morgan fingerprint density at radius 3 is 2.88 bits per heavy atom. The van der Waals surface area contributed by atoms with Gasteiger partial charge >= 0.3 is 0 Å². The minimum absolute atomic E-state index is 0.419. The van der Waals surface area contributed by atoms with Crippen LogP contribution >= 0.6 is 0 Å². The number of hydrogen-bond donors (Lipinski definition) is 3. The second-order valence-electron chi connectivity index (χ2n) is 3.54. The number of nitrogens with zero attached hydrogens (tertiary/aromatic N) is 2. The van der Waals surface area contributed by atoms with Gasteiger partial charge in [-0.25, -0.2) is 4.98 Å². The molecular weight excluding hydrogens is 214 g/mol. The molecule has 0 atom stereocenters. The standard InChI is InChI=1S/C12H15N5/c13-12(17-10-4-2-1-3-5-10)16-7-6-11-14-8-9-15-11/h1-5,8-9H,6-7H2,(H,14,15)(H3,13,16,17). The van der Waals surface area contributed by atoms with Crippen LogP contribution in [0.1, 0.15) is 5.82 Å². The Hall–Kier alpha value is -2.30. The number of aromatic nitrogens is 2. The molecule has 0 radical (unpaired) electrons. The Labute approximate surface area is 99.8 Å². The highest BCUT2D eigenvalue weighted by Crippen LogP contribution is 2.03. The zero-order valence-corrected chi connectivity index (χ0v) is 9.43. The van der Waals surface area contributed by atoms with Crippen LogP contribution in [0.5, 0.6) is 0 Å². The quantitative estimate of drug-likeness (QED) is 0.547. The Morgan fingerprint density at radius 2 is 2.18 bits per heavy atom. The molecule has 1 heterocycles. The minimum Gasteiger partial charge on any atom is -0.370 e. The van der Waals surface area contributed by atoms with E-state index in [1.807, 2.05) is 30.3 Å². The average Bonchev–Trinajstić information content (AvgIpc) is 2.83. The first-order valence-electron chi connectivity index (χ1n) is 5.45. The highest BCUT2D eigenvalue weighted by Gasteiger charge is 1.95. The largest absolute Gasteiger partial charge is 0.370 e. The molecule has 0 aliphatic rings. The number of para-hydroxylation sites is 1. The van der Waals surface area contributed by atoms with Crippen molar-refractivity contribution < 1.29 is 0 Å². The number of benzene rings is 1. The fourth-order valence-electron chi connectivity index (χ4n) is 1.43. The molecule has 0 fully saturated rings. The van der Waals surface area contributed by atoms with Gasteiger partial charge < -0.3 is 16.0 Å². The van der Waals surface area contributed by atoms with E-state index >= 15 is 0 Å². The van der Waals surface area contributed by atoms with Crippen molar-refractivity contribution in [3.05, 3.63) is 48.5 Å². The minimum atomic E-state index is 0.419. The van der Waals surface area contributed by atoms with Crippen LogP contribution in [0.4, 0.5) is 5.69 Å².